The van der Waals surface area contributed by atoms with Gasteiger partial charge in [0, 0.05) is 12.3 Å². The molecule has 2 rings (SSSR count). The highest BCUT2D eigenvalue weighted by molar-refractivity contribution is 5.79. The molecule has 0 aliphatic rings. The summed E-state index contributed by atoms with van der Waals surface area (Å²) in [6, 6.07) is 19.4. The lowest BCUT2D eigenvalue weighted by molar-refractivity contribution is -0.140. The van der Waals surface area contributed by atoms with Crippen molar-refractivity contribution in [1.29, 1.82) is 0 Å². The lowest BCUT2D eigenvalue weighted by Crippen LogP contribution is -2.32. The van der Waals surface area contributed by atoms with Crippen LogP contribution in [-0.2, 0) is 32.5 Å². The SMILES string of the molecule is CCCCCCCCCCCCC(CCC(=O)NOCc1ccccc1)C(=O)NOCc1ccccc1. The average molecular weight is 511 g/mol. The monoisotopic (exact) mass is 510 g/mol. The molecule has 0 aromatic heterocycles. The smallest absolute Gasteiger partial charge is 0.246 e. The maximum absolute atomic E-state index is 12.8. The molecule has 2 aromatic carbocycles. The number of unbranched alkanes of at least 4 members (excludes halogenated alkanes) is 9. The van der Waals surface area contributed by atoms with Crippen LogP contribution in [0.1, 0.15) is 102 Å². The van der Waals surface area contributed by atoms with Gasteiger partial charge in [-0.25, -0.2) is 11.0 Å². The van der Waals surface area contributed by atoms with Crippen molar-refractivity contribution in [2.75, 3.05) is 0 Å². The van der Waals surface area contributed by atoms with Gasteiger partial charge in [-0.2, -0.15) is 0 Å². The lowest BCUT2D eigenvalue weighted by atomic mass is 9.94. The van der Waals surface area contributed by atoms with Crippen LogP contribution < -0.4 is 11.0 Å². The molecule has 0 saturated carbocycles. The number of carbonyl (C=O) groups excluding carboxylic acids is 2. The first-order valence-electron chi connectivity index (χ1n) is 14.1. The Bertz CT molecular complexity index is 845. The maximum atomic E-state index is 12.8. The Morgan fingerprint density at radius 3 is 1.68 bits per heavy atom. The van der Waals surface area contributed by atoms with Crippen molar-refractivity contribution in [3.63, 3.8) is 0 Å². The predicted molar refractivity (Wildman–Crippen MR) is 148 cm³/mol. The van der Waals surface area contributed by atoms with Crippen molar-refractivity contribution in [2.45, 2.75) is 104 Å². The molecule has 0 bridgehead atoms. The van der Waals surface area contributed by atoms with E-state index in [9.17, 15) is 9.59 Å². The molecule has 0 aliphatic carbocycles. The van der Waals surface area contributed by atoms with Crippen molar-refractivity contribution in [1.82, 2.24) is 11.0 Å². The van der Waals surface area contributed by atoms with E-state index in [2.05, 4.69) is 17.9 Å². The summed E-state index contributed by atoms with van der Waals surface area (Å²) in [5, 5.41) is 0. The number of nitrogens with one attached hydrogen (secondary N) is 2. The molecule has 6 heteroatoms. The molecule has 204 valence electrons. The van der Waals surface area contributed by atoms with Gasteiger partial charge in [-0.3, -0.25) is 19.3 Å². The molecule has 6 nitrogen and oxygen atoms in total. The minimum atomic E-state index is -0.273. The molecular formula is C31H46N2O4. The van der Waals surface area contributed by atoms with Gasteiger partial charge in [0.15, 0.2) is 0 Å². The molecule has 1 atom stereocenters. The van der Waals surface area contributed by atoms with Crippen molar-refractivity contribution in [3.05, 3.63) is 71.8 Å². The number of hydroxylamine groups is 2. The van der Waals surface area contributed by atoms with Crippen LogP contribution in [0.5, 0.6) is 0 Å². The fraction of sp³-hybridized carbons (Fsp3) is 0.548. The van der Waals surface area contributed by atoms with E-state index in [0.29, 0.717) is 19.6 Å². The van der Waals surface area contributed by atoms with Crippen LogP contribution in [0.25, 0.3) is 0 Å². The molecule has 0 aliphatic heterocycles. The summed E-state index contributed by atoms with van der Waals surface area (Å²) in [5.41, 5.74) is 7.07. The average Bonchev–Trinajstić information content (AvgIpc) is 2.92. The Kier molecular flexibility index (Phi) is 16.8. The van der Waals surface area contributed by atoms with Crippen LogP contribution in [-0.4, -0.2) is 11.8 Å². The van der Waals surface area contributed by atoms with Crippen LogP contribution in [0.3, 0.4) is 0 Å². The standard InChI is InChI=1S/C31H46N2O4/c1-2-3-4-5-6-7-8-9-10-17-22-29(31(35)33-37-26-28-20-15-12-16-21-28)23-24-30(34)32-36-25-27-18-13-11-14-19-27/h11-16,18-21,29H,2-10,17,22-26H2,1H3,(H,32,34)(H,33,35). The van der Waals surface area contributed by atoms with Gasteiger partial charge in [0.05, 0.1) is 13.2 Å². The van der Waals surface area contributed by atoms with Gasteiger partial charge in [-0.1, -0.05) is 132 Å². The van der Waals surface area contributed by atoms with Gasteiger partial charge < -0.3 is 0 Å². The van der Waals surface area contributed by atoms with Gasteiger partial charge in [0.2, 0.25) is 11.8 Å². The third-order valence-corrected chi connectivity index (χ3v) is 6.52. The van der Waals surface area contributed by atoms with Crippen LogP contribution >= 0.6 is 0 Å². The molecule has 0 spiro atoms. The Hall–Kier alpha value is -2.70. The molecule has 0 heterocycles. The summed E-state index contributed by atoms with van der Waals surface area (Å²) in [4.78, 5) is 35.9. The summed E-state index contributed by atoms with van der Waals surface area (Å²) >= 11 is 0. The minimum Gasteiger partial charge on any atom is -0.273 e. The van der Waals surface area contributed by atoms with E-state index in [1.54, 1.807) is 0 Å². The van der Waals surface area contributed by atoms with E-state index in [0.717, 1.165) is 30.4 Å². The third-order valence-electron chi connectivity index (χ3n) is 6.52. The minimum absolute atomic E-state index is 0.162. The highest BCUT2D eigenvalue weighted by Gasteiger charge is 2.20. The third kappa shape index (κ3) is 15.2. The molecule has 37 heavy (non-hydrogen) atoms. The summed E-state index contributed by atoms with van der Waals surface area (Å²) in [7, 11) is 0. The second-order valence-corrected chi connectivity index (χ2v) is 9.75. The van der Waals surface area contributed by atoms with E-state index >= 15 is 0 Å². The van der Waals surface area contributed by atoms with Crippen LogP contribution in [0.2, 0.25) is 0 Å². The van der Waals surface area contributed by atoms with E-state index in [-0.39, 0.29) is 24.2 Å². The van der Waals surface area contributed by atoms with Gasteiger partial charge >= 0.3 is 0 Å². The van der Waals surface area contributed by atoms with Crippen LogP contribution in [0, 0.1) is 5.92 Å². The Labute approximate surface area is 223 Å². The zero-order valence-corrected chi connectivity index (χ0v) is 22.6. The second kappa shape index (κ2) is 20.4. The number of hydrogen-bond acceptors (Lipinski definition) is 4. The van der Waals surface area contributed by atoms with Crippen LogP contribution in [0.4, 0.5) is 0 Å². The molecular weight excluding hydrogens is 464 g/mol. The fourth-order valence-electron chi connectivity index (χ4n) is 4.26. The molecule has 1 unspecified atom stereocenters. The Morgan fingerprint density at radius 1 is 0.649 bits per heavy atom. The quantitative estimate of drug-likeness (QED) is 0.138. The number of rotatable bonds is 21. The fourth-order valence-corrected chi connectivity index (χ4v) is 4.26. The number of benzene rings is 2. The largest absolute Gasteiger partial charge is 0.273 e. The predicted octanol–water partition coefficient (Wildman–Crippen LogP) is 7.19. The molecule has 2 aromatic rings. The first kappa shape index (κ1) is 30.5. The Morgan fingerprint density at radius 2 is 1.14 bits per heavy atom. The highest BCUT2D eigenvalue weighted by atomic mass is 16.7. The maximum Gasteiger partial charge on any atom is 0.246 e. The van der Waals surface area contributed by atoms with Gasteiger partial charge in [0.1, 0.15) is 0 Å². The van der Waals surface area contributed by atoms with Crippen molar-refractivity contribution in [2.24, 2.45) is 5.92 Å². The summed E-state index contributed by atoms with van der Waals surface area (Å²) < 4.78 is 0. The molecule has 0 radical (unpaired) electrons. The normalized spacial score (nSPS) is 11.7. The summed E-state index contributed by atoms with van der Waals surface area (Å²) in [5.74, 6) is -0.656. The summed E-state index contributed by atoms with van der Waals surface area (Å²) in [6.45, 7) is 2.86. The van der Waals surface area contributed by atoms with Crippen LogP contribution in [0.15, 0.2) is 60.7 Å². The number of carbonyl (C=O) groups is 2. The first-order valence-corrected chi connectivity index (χ1v) is 14.1. The molecule has 0 saturated heterocycles. The van der Waals surface area contributed by atoms with Gasteiger partial charge in [-0.15, -0.1) is 0 Å². The van der Waals surface area contributed by atoms with Crippen molar-refractivity contribution in [3.8, 4) is 0 Å². The topological polar surface area (TPSA) is 76.7 Å². The van der Waals surface area contributed by atoms with Gasteiger partial charge in [0.25, 0.3) is 0 Å². The number of amides is 2. The first-order chi connectivity index (χ1) is 18.2. The van der Waals surface area contributed by atoms with Crippen molar-refractivity contribution >= 4 is 11.8 Å². The van der Waals surface area contributed by atoms with E-state index in [1.165, 1.54) is 51.4 Å². The second-order valence-electron chi connectivity index (χ2n) is 9.75. The molecule has 2 N–H and O–H groups in total. The Balaban J connectivity index is 1.69. The zero-order valence-electron chi connectivity index (χ0n) is 22.6. The zero-order chi connectivity index (χ0) is 26.4. The highest BCUT2D eigenvalue weighted by Crippen LogP contribution is 2.18. The molecule has 0 fully saturated rings. The van der Waals surface area contributed by atoms with E-state index < -0.39 is 0 Å². The summed E-state index contributed by atoms with van der Waals surface area (Å²) in [6.07, 6.45) is 13.9. The van der Waals surface area contributed by atoms with Gasteiger partial charge in [-0.05, 0) is 24.0 Å². The van der Waals surface area contributed by atoms with E-state index in [4.69, 9.17) is 9.68 Å². The molecule has 2 amide bonds. The number of hydrogen-bond donors (Lipinski definition) is 2. The lowest BCUT2D eigenvalue weighted by Gasteiger charge is -2.17. The van der Waals surface area contributed by atoms with Crippen molar-refractivity contribution < 1.29 is 19.3 Å². The van der Waals surface area contributed by atoms with E-state index in [1.807, 2.05) is 60.7 Å².